The molecule has 0 bridgehead atoms. The van der Waals surface area contributed by atoms with Gasteiger partial charge in [-0.25, -0.2) is 0 Å². The first-order valence-corrected chi connectivity index (χ1v) is 10.7. The van der Waals surface area contributed by atoms with Gasteiger partial charge in [0.1, 0.15) is 11.1 Å². The van der Waals surface area contributed by atoms with E-state index >= 15 is 0 Å². The molecular weight excluding hydrogens is 425 g/mol. The van der Waals surface area contributed by atoms with E-state index in [1.54, 1.807) is 13.8 Å². The summed E-state index contributed by atoms with van der Waals surface area (Å²) >= 11 is 5.41. The zero-order valence-electron chi connectivity index (χ0n) is 17.3. The van der Waals surface area contributed by atoms with Gasteiger partial charge >= 0.3 is 12.1 Å². The molecule has 0 aliphatic heterocycles. The predicted octanol–water partition coefficient (Wildman–Crippen LogP) is 6.96. The molecule has 2 aliphatic rings. The Hall–Kier alpha value is -2.27. The SMILES string of the molecule is CC1(C)C(C=C(Cl)C(F)(F)F)C1C(=O)OC1CC(Cc2ccccc2)c2ccccc21. The summed E-state index contributed by atoms with van der Waals surface area (Å²) in [5.41, 5.74) is 2.74. The highest BCUT2D eigenvalue weighted by atomic mass is 35.5. The largest absolute Gasteiger partial charge is 0.457 e. The number of hydrogen-bond acceptors (Lipinski definition) is 2. The van der Waals surface area contributed by atoms with E-state index in [1.807, 2.05) is 36.4 Å². The van der Waals surface area contributed by atoms with Crippen LogP contribution in [-0.2, 0) is 16.0 Å². The molecule has 164 valence electrons. The van der Waals surface area contributed by atoms with Crippen molar-refractivity contribution in [2.24, 2.45) is 17.3 Å². The highest BCUT2D eigenvalue weighted by Gasteiger charge is 2.62. The molecule has 0 spiro atoms. The number of alkyl halides is 3. The first kappa shape index (κ1) is 21.9. The van der Waals surface area contributed by atoms with Crippen molar-refractivity contribution in [3.05, 3.63) is 82.4 Å². The highest BCUT2D eigenvalue weighted by Crippen LogP contribution is 2.61. The first-order valence-electron chi connectivity index (χ1n) is 10.4. The summed E-state index contributed by atoms with van der Waals surface area (Å²) in [6.45, 7) is 3.53. The Balaban J connectivity index is 1.49. The van der Waals surface area contributed by atoms with Crippen LogP contribution < -0.4 is 0 Å². The van der Waals surface area contributed by atoms with Crippen LogP contribution in [-0.4, -0.2) is 12.1 Å². The van der Waals surface area contributed by atoms with Gasteiger partial charge in [-0.2, -0.15) is 13.2 Å². The monoisotopic (exact) mass is 448 g/mol. The van der Waals surface area contributed by atoms with Gasteiger partial charge in [0, 0.05) is 0 Å². The molecule has 0 saturated heterocycles. The third-order valence-corrected chi connectivity index (χ3v) is 6.97. The van der Waals surface area contributed by atoms with Crippen molar-refractivity contribution in [1.29, 1.82) is 0 Å². The molecule has 2 nitrogen and oxygen atoms in total. The Morgan fingerprint density at radius 1 is 1.10 bits per heavy atom. The van der Waals surface area contributed by atoms with Gasteiger partial charge in [-0.05, 0) is 46.8 Å². The quantitative estimate of drug-likeness (QED) is 0.462. The van der Waals surface area contributed by atoms with Crippen LogP contribution in [0.3, 0.4) is 0 Å². The maximum atomic E-state index is 12.9. The fraction of sp³-hybridized carbons (Fsp3) is 0.400. The molecule has 4 atom stereocenters. The maximum absolute atomic E-state index is 12.9. The van der Waals surface area contributed by atoms with Gasteiger partial charge in [-0.3, -0.25) is 4.79 Å². The minimum Gasteiger partial charge on any atom is -0.457 e. The molecule has 4 rings (SSSR count). The molecule has 1 fully saturated rings. The van der Waals surface area contributed by atoms with Gasteiger partial charge in [0.15, 0.2) is 0 Å². The number of rotatable bonds is 5. The van der Waals surface area contributed by atoms with E-state index in [1.165, 1.54) is 5.56 Å². The van der Waals surface area contributed by atoms with Gasteiger partial charge in [-0.15, -0.1) is 0 Å². The molecule has 2 aromatic rings. The average molecular weight is 449 g/mol. The van der Waals surface area contributed by atoms with Crippen molar-refractivity contribution in [1.82, 2.24) is 0 Å². The smallest absolute Gasteiger partial charge is 0.426 e. The second kappa shape index (κ2) is 8.01. The van der Waals surface area contributed by atoms with Crippen LogP contribution in [0.15, 0.2) is 65.7 Å². The van der Waals surface area contributed by atoms with E-state index in [-0.39, 0.29) is 5.92 Å². The van der Waals surface area contributed by atoms with Crippen LogP contribution in [0.25, 0.3) is 0 Å². The summed E-state index contributed by atoms with van der Waals surface area (Å²) in [6.07, 6.45) is -2.54. The Kier molecular flexibility index (Phi) is 5.67. The van der Waals surface area contributed by atoms with Gasteiger partial charge in [-0.1, -0.05) is 86.1 Å². The summed E-state index contributed by atoms with van der Waals surface area (Å²) in [7, 11) is 0. The van der Waals surface area contributed by atoms with Crippen molar-refractivity contribution >= 4 is 17.6 Å². The Morgan fingerprint density at radius 3 is 2.35 bits per heavy atom. The number of carbonyl (C=O) groups excluding carboxylic acids is 1. The summed E-state index contributed by atoms with van der Waals surface area (Å²) in [5, 5.41) is -1.19. The molecule has 0 N–H and O–H groups in total. The van der Waals surface area contributed by atoms with Crippen LogP contribution in [0.4, 0.5) is 13.2 Å². The second-order valence-corrected chi connectivity index (χ2v) is 9.42. The number of fused-ring (bicyclic) bond motifs is 1. The summed E-state index contributed by atoms with van der Waals surface area (Å²) < 4.78 is 44.3. The van der Waals surface area contributed by atoms with Gasteiger partial charge < -0.3 is 4.74 Å². The Morgan fingerprint density at radius 2 is 1.71 bits per heavy atom. The molecule has 1 saturated carbocycles. The van der Waals surface area contributed by atoms with E-state index in [9.17, 15) is 18.0 Å². The number of carbonyl (C=O) groups is 1. The second-order valence-electron chi connectivity index (χ2n) is 9.01. The lowest BCUT2D eigenvalue weighted by molar-refractivity contribution is -0.152. The lowest BCUT2D eigenvalue weighted by atomic mass is 9.94. The molecule has 4 unspecified atom stereocenters. The molecular formula is C25H24ClF3O2. The van der Waals surface area contributed by atoms with Crippen molar-refractivity contribution in [2.45, 2.75) is 44.9 Å². The number of halogens is 4. The average Bonchev–Trinajstić information content (AvgIpc) is 3.08. The number of esters is 1. The van der Waals surface area contributed by atoms with E-state index in [2.05, 4.69) is 18.2 Å². The van der Waals surface area contributed by atoms with Gasteiger partial charge in [0.25, 0.3) is 0 Å². The highest BCUT2D eigenvalue weighted by molar-refractivity contribution is 6.30. The van der Waals surface area contributed by atoms with Crippen molar-refractivity contribution < 1.29 is 22.7 Å². The topological polar surface area (TPSA) is 26.3 Å². The summed E-state index contributed by atoms with van der Waals surface area (Å²) in [6, 6.07) is 18.1. The Bertz CT molecular complexity index is 997. The van der Waals surface area contributed by atoms with E-state index < -0.39 is 40.5 Å². The molecule has 2 aliphatic carbocycles. The van der Waals surface area contributed by atoms with Crippen molar-refractivity contribution in [3.8, 4) is 0 Å². The van der Waals surface area contributed by atoms with Crippen LogP contribution >= 0.6 is 11.6 Å². The normalized spacial score (nSPS) is 27.0. The number of benzene rings is 2. The van der Waals surface area contributed by atoms with E-state index in [0.29, 0.717) is 6.42 Å². The van der Waals surface area contributed by atoms with Gasteiger partial charge in [0.2, 0.25) is 0 Å². The number of ether oxygens (including phenoxy) is 1. The lowest BCUT2D eigenvalue weighted by Crippen LogP contribution is -2.14. The molecule has 0 amide bonds. The molecule has 2 aromatic carbocycles. The summed E-state index contributed by atoms with van der Waals surface area (Å²) in [4.78, 5) is 12.9. The zero-order valence-corrected chi connectivity index (χ0v) is 18.1. The maximum Gasteiger partial charge on any atom is 0.426 e. The molecule has 0 radical (unpaired) electrons. The minimum atomic E-state index is -4.61. The fourth-order valence-corrected chi connectivity index (χ4v) is 4.93. The van der Waals surface area contributed by atoms with Crippen molar-refractivity contribution in [3.63, 3.8) is 0 Å². The zero-order chi connectivity index (χ0) is 22.4. The number of hydrogen-bond donors (Lipinski definition) is 0. The van der Waals surface area contributed by atoms with Crippen molar-refractivity contribution in [2.75, 3.05) is 0 Å². The van der Waals surface area contributed by atoms with Crippen LogP contribution in [0.5, 0.6) is 0 Å². The van der Waals surface area contributed by atoms with Crippen LogP contribution in [0.2, 0.25) is 0 Å². The number of allylic oxidation sites excluding steroid dienone is 2. The van der Waals surface area contributed by atoms with E-state index in [4.69, 9.17) is 16.3 Å². The molecule has 0 heterocycles. The summed E-state index contributed by atoms with van der Waals surface area (Å²) in [5.74, 6) is -1.47. The third-order valence-electron chi connectivity index (χ3n) is 6.63. The van der Waals surface area contributed by atoms with Gasteiger partial charge in [0.05, 0.1) is 5.92 Å². The van der Waals surface area contributed by atoms with Crippen LogP contribution in [0, 0.1) is 17.3 Å². The Labute approximate surface area is 185 Å². The molecule has 6 heteroatoms. The van der Waals surface area contributed by atoms with Crippen LogP contribution in [0.1, 0.15) is 49.0 Å². The first-order chi connectivity index (χ1) is 14.6. The predicted molar refractivity (Wildman–Crippen MR) is 114 cm³/mol. The minimum absolute atomic E-state index is 0.221. The third kappa shape index (κ3) is 4.38. The lowest BCUT2D eigenvalue weighted by Gasteiger charge is -2.15. The molecule has 31 heavy (non-hydrogen) atoms. The van der Waals surface area contributed by atoms with E-state index in [0.717, 1.165) is 23.6 Å². The molecule has 0 aromatic heterocycles. The fourth-order valence-electron chi connectivity index (χ4n) is 4.80. The standard InChI is InChI=1S/C25H24ClF3O2/c1-24(2)19(14-21(26)25(27,28)29)22(24)23(30)31-20-13-16(12-15-8-4-3-5-9-15)17-10-6-7-11-18(17)20/h3-11,14,16,19-20,22H,12-13H2,1-2H3.